The highest BCUT2D eigenvalue weighted by Gasteiger charge is 2.29. The zero-order chi connectivity index (χ0) is 21.1. The third-order valence-corrected chi connectivity index (χ3v) is 5.96. The van der Waals surface area contributed by atoms with Gasteiger partial charge in [-0.25, -0.2) is 4.79 Å². The van der Waals surface area contributed by atoms with Crippen molar-refractivity contribution >= 4 is 11.7 Å². The number of nitriles is 1. The summed E-state index contributed by atoms with van der Waals surface area (Å²) in [5.41, 5.74) is 7.25. The molecule has 0 aliphatic carbocycles. The lowest BCUT2D eigenvalue weighted by molar-refractivity contribution is 0.0393. The van der Waals surface area contributed by atoms with Crippen LogP contribution in [-0.4, -0.2) is 28.6 Å². The van der Waals surface area contributed by atoms with Gasteiger partial charge in [-0.15, -0.1) is 0 Å². The summed E-state index contributed by atoms with van der Waals surface area (Å²) in [6.45, 7) is 6.09. The van der Waals surface area contributed by atoms with Crippen LogP contribution < -0.4 is 5.32 Å². The van der Waals surface area contributed by atoms with Crippen molar-refractivity contribution in [3.8, 4) is 6.07 Å². The molecular formula is C24H28N4O2. The van der Waals surface area contributed by atoms with Crippen LogP contribution in [-0.2, 0) is 37.2 Å². The molecule has 1 N–H and O–H groups in total. The quantitative estimate of drug-likeness (QED) is 0.822. The van der Waals surface area contributed by atoms with E-state index >= 15 is 0 Å². The number of unbranched alkanes of at least 4 members (excludes halogenated alkanes) is 1. The fourth-order valence-corrected chi connectivity index (χ4v) is 4.31. The Bertz CT molecular complexity index is 995. The van der Waals surface area contributed by atoms with Crippen molar-refractivity contribution in [2.75, 3.05) is 11.9 Å². The molecule has 0 unspecified atom stereocenters. The first-order valence-corrected chi connectivity index (χ1v) is 10.8. The van der Waals surface area contributed by atoms with E-state index in [-0.39, 0.29) is 12.1 Å². The van der Waals surface area contributed by atoms with E-state index in [2.05, 4.69) is 25.2 Å². The van der Waals surface area contributed by atoms with Crippen molar-refractivity contribution in [2.45, 2.75) is 65.2 Å². The van der Waals surface area contributed by atoms with Crippen LogP contribution in [0.5, 0.6) is 0 Å². The molecule has 0 bridgehead atoms. The molecule has 0 radical (unpaired) electrons. The molecule has 3 heterocycles. The summed E-state index contributed by atoms with van der Waals surface area (Å²) in [4.78, 5) is 19.8. The Morgan fingerprint density at radius 3 is 3.03 bits per heavy atom. The van der Waals surface area contributed by atoms with Gasteiger partial charge in [0, 0.05) is 43.0 Å². The van der Waals surface area contributed by atoms with Gasteiger partial charge in [-0.3, -0.25) is 4.98 Å². The van der Waals surface area contributed by atoms with Gasteiger partial charge in [-0.05, 0) is 54.7 Å². The average Bonchev–Trinajstić information content (AvgIpc) is 2.77. The molecule has 1 aromatic heterocycles. The smallest absolute Gasteiger partial charge is 0.322 e. The lowest BCUT2D eigenvalue weighted by Gasteiger charge is -2.34. The van der Waals surface area contributed by atoms with Crippen LogP contribution >= 0.6 is 0 Å². The normalized spacial score (nSPS) is 17.6. The average molecular weight is 405 g/mol. The van der Waals surface area contributed by atoms with E-state index in [1.165, 1.54) is 16.8 Å². The Hall–Kier alpha value is -2.91. The number of pyridine rings is 1. The summed E-state index contributed by atoms with van der Waals surface area (Å²) >= 11 is 0. The summed E-state index contributed by atoms with van der Waals surface area (Å²) in [7, 11) is 0. The van der Waals surface area contributed by atoms with Crippen LogP contribution in [0.3, 0.4) is 0 Å². The maximum absolute atomic E-state index is 12.9. The number of amides is 2. The summed E-state index contributed by atoms with van der Waals surface area (Å²) in [5, 5.41) is 12.0. The number of urea groups is 1. The molecule has 30 heavy (non-hydrogen) atoms. The number of carbonyl (C=O) groups is 1. The number of nitrogens with one attached hydrogen (secondary N) is 1. The Morgan fingerprint density at radius 1 is 1.37 bits per heavy atom. The first-order valence-electron chi connectivity index (χ1n) is 10.8. The number of rotatable bonds is 4. The lowest BCUT2D eigenvalue weighted by Crippen LogP contribution is -2.40. The molecule has 0 saturated heterocycles. The molecule has 2 aliphatic heterocycles. The largest absolute Gasteiger partial charge is 0.373 e. The van der Waals surface area contributed by atoms with E-state index in [0.29, 0.717) is 30.9 Å². The van der Waals surface area contributed by atoms with Crippen molar-refractivity contribution in [1.29, 1.82) is 5.26 Å². The molecule has 6 heteroatoms. The van der Waals surface area contributed by atoms with E-state index in [1.54, 1.807) is 24.3 Å². The maximum Gasteiger partial charge on any atom is 0.322 e. The third kappa shape index (κ3) is 4.17. The Balaban J connectivity index is 1.57. The highest BCUT2D eigenvalue weighted by Crippen LogP contribution is 2.32. The highest BCUT2D eigenvalue weighted by molar-refractivity contribution is 5.89. The minimum atomic E-state index is -0.148. The van der Waals surface area contributed by atoms with Gasteiger partial charge in [0.1, 0.15) is 0 Å². The summed E-state index contributed by atoms with van der Waals surface area (Å²) < 4.78 is 5.97. The van der Waals surface area contributed by atoms with Gasteiger partial charge in [0.05, 0.1) is 24.3 Å². The van der Waals surface area contributed by atoms with E-state index in [1.807, 2.05) is 4.90 Å². The Kier molecular flexibility index (Phi) is 6.01. The van der Waals surface area contributed by atoms with Gasteiger partial charge in [0.25, 0.3) is 0 Å². The van der Waals surface area contributed by atoms with Crippen molar-refractivity contribution < 1.29 is 9.53 Å². The van der Waals surface area contributed by atoms with Crippen LogP contribution in [0.25, 0.3) is 0 Å². The molecule has 0 spiro atoms. The molecule has 2 amide bonds. The predicted molar refractivity (Wildman–Crippen MR) is 115 cm³/mol. The highest BCUT2D eigenvalue weighted by atomic mass is 16.5. The molecule has 2 aliphatic rings. The van der Waals surface area contributed by atoms with Crippen LogP contribution in [0.15, 0.2) is 24.3 Å². The van der Waals surface area contributed by atoms with Crippen LogP contribution in [0, 0.1) is 11.3 Å². The van der Waals surface area contributed by atoms with Crippen LogP contribution in [0.2, 0.25) is 0 Å². The number of hydrogen-bond donors (Lipinski definition) is 1. The predicted octanol–water partition coefficient (Wildman–Crippen LogP) is 4.35. The van der Waals surface area contributed by atoms with Gasteiger partial charge in [-0.1, -0.05) is 19.4 Å². The van der Waals surface area contributed by atoms with E-state index in [4.69, 9.17) is 15.0 Å². The molecule has 1 aromatic carbocycles. The summed E-state index contributed by atoms with van der Waals surface area (Å²) in [5.74, 6) is 0. The number of hydrogen-bond acceptors (Lipinski definition) is 4. The van der Waals surface area contributed by atoms with E-state index in [0.717, 1.165) is 43.4 Å². The van der Waals surface area contributed by atoms with Gasteiger partial charge in [-0.2, -0.15) is 5.26 Å². The fourth-order valence-electron chi connectivity index (χ4n) is 4.31. The number of aromatic nitrogens is 1. The zero-order valence-electron chi connectivity index (χ0n) is 17.7. The maximum atomic E-state index is 12.9. The van der Waals surface area contributed by atoms with Gasteiger partial charge in [0.15, 0.2) is 0 Å². The molecular weight excluding hydrogens is 376 g/mol. The summed E-state index contributed by atoms with van der Waals surface area (Å²) in [6, 6.07) is 8.94. The molecule has 6 nitrogen and oxygen atoms in total. The molecule has 156 valence electrons. The van der Waals surface area contributed by atoms with Crippen molar-refractivity contribution in [1.82, 2.24) is 9.88 Å². The number of fused-ring (bicyclic) bond motifs is 3. The minimum absolute atomic E-state index is 0.148. The van der Waals surface area contributed by atoms with Crippen molar-refractivity contribution in [3.05, 3.63) is 57.9 Å². The molecule has 4 rings (SSSR count). The standard InChI is InChI=1S/C24H28N4O2/c1-3-4-8-22-19-11-16(2)30-15-21(19)20-14-28(10-9-23(20)27-22)24(29)26-18-7-5-6-17(12-18)13-25/h5-7,12,16H,3-4,8-11,14-15H2,1-2H3,(H,26,29)/t16-/m0/s1. The third-order valence-electron chi connectivity index (χ3n) is 5.96. The second-order valence-corrected chi connectivity index (χ2v) is 8.16. The zero-order valence-corrected chi connectivity index (χ0v) is 17.7. The SMILES string of the molecule is CCCCc1nc2c(c3c1C[C@H](C)OC3)CN(C(=O)Nc1cccc(C#N)c1)CC2. The van der Waals surface area contributed by atoms with Gasteiger partial charge in [0.2, 0.25) is 0 Å². The first kappa shape index (κ1) is 20.4. The monoisotopic (exact) mass is 404 g/mol. The van der Waals surface area contributed by atoms with E-state index in [9.17, 15) is 4.79 Å². The summed E-state index contributed by atoms with van der Waals surface area (Å²) in [6.07, 6.45) is 5.15. The molecule has 0 fully saturated rings. The number of nitrogens with zero attached hydrogens (tertiary/aromatic N) is 3. The molecule has 2 aromatic rings. The van der Waals surface area contributed by atoms with Gasteiger partial charge < -0.3 is 15.0 Å². The lowest BCUT2D eigenvalue weighted by atomic mass is 9.89. The fraction of sp³-hybridized carbons (Fsp3) is 0.458. The molecule has 1 atom stereocenters. The van der Waals surface area contributed by atoms with Gasteiger partial charge >= 0.3 is 6.03 Å². The first-order chi connectivity index (χ1) is 14.6. The van der Waals surface area contributed by atoms with Crippen LogP contribution in [0.4, 0.5) is 10.5 Å². The number of anilines is 1. The van der Waals surface area contributed by atoms with Crippen molar-refractivity contribution in [2.24, 2.45) is 0 Å². The topological polar surface area (TPSA) is 78.2 Å². The van der Waals surface area contributed by atoms with E-state index < -0.39 is 0 Å². The Labute approximate surface area is 177 Å². The number of carbonyl (C=O) groups excluding carboxylic acids is 1. The number of benzene rings is 1. The minimum Gasteiger partial charge on any atom is -0.373 e. The van der Waals surface area contributed by atoms with Crippen molar-refractivity contribution in [3.63, 3.8) is 0 Å². The van der Waals surface area contributed by atoms with Crippen LogP contribution in [0.1, 0.15) is 60.3 Å². The Morgan fingerprint density at radius 2 is 2.23 bits per heavy atom. The number of ether oxygens (including phenoxy) is 1. The number of aryl methyl sites for hydroxylation is 1. The second-order valence-electron chi connectivity index (χ2n) is 8.16. The second kappa shape index (κ2) is 8.85. The molecule has 0 saturated carbocycles.